The summed E-state index contributed by atoms with van der Waals surface area (Å²) in [5, 5.41) is 13.5. The van der Waals surface area contributed by atoms with Crippen molar-refractivity contribution in [1.29, 1.82) is 0 Å². The Kier molecular flexibility index (Phi) is 8.14. The Bertz CT molecular complexity index is 1020. The summed E-state index contributed by atoms with van der Waals surface area (Å²) in [5.74, 6) is -2.68. The first-order chi connectivity index (χ1) is 16.0. The maximum Gasteiger partial charge on any atom is 0.490 e. The zero-order chi connectivity index (χ0) is 24.9. The quantitative estimate of drug-likeness (QED) is 0.500. The molecule has 2 bridgehead atoms. The highest BCUT2D eigenvalue weighted by Gasteiger charge is 2.38. The standard InChI is InChI=1S/C22H25FN2O2.C2HF3O2/c1-14-3-2-4-16(9-14)20-12-17(23)5-8-21(20)25-22(26)27-13-15-10-18-6-7-19(11-15)24-18;3-2(4,5)1(6)7/h2-5,8-9,12,15,18-19,24H,6-7,10-11,13H2,1H3,(H,25,26);(H,6,7). The number of rotatable bonds is 4. The number of fused-ring (bicyclic) bond motifs is 2. The molecule has 2 unspecified atom stereocenters. The first kappa shape index (κ1) is 25.5. The summed E-state index contributed by atoms with van der Waals surface area (Å²) >= 11 is 0. The topological polar surface area (TPSA) is 87.7 Å². The van der Waals surface area contributed by atoms with E-state index < -0.39 is 18.2 Å². The molecule has 3 N–H and O–H groups in total. The van der Waals surface area contributed by atoms with Crippen LogP contribution in [-0.2, 0) is 9.53 Å². The van der Waals surface area contributed by atoms with Crippen LogP contribution in [0.15, 0.2) is 42.5 Å². The van der Waals surface area contributed by atoms with Gasteiger partial charge in [0, 0.05) is 17.6 Å². The highest BCUT2D eigenvalue weighted by atomic mass is 19.4. The van der Waals surface area contributed by atoms with Crippen molar-refractivity contribution < 1.29 is 37.0 Å². The monoisotopic (exact) mass is 482 g/mol. The van der Waals surface area contributed by atoms with Gasteiger partial charge >= 0.3 is 18.2 Å². The number of hydrogen-bond donors (Lipinski definition) is 3. The van der Waals surface area contributed by atoms with Crippen molar-refractivity contribution >= 4 is 17.7 Å². The summed E-state index contributed by atoms with van der Waals surface area (Å²) in [6.07, 6.45) is -0.989. The number of carboxylic acids is 1. The molecule has 2 fully saturated rings. The molecule has 2 saturated heterocycles. The van der Waals surface area contributed by atoms with E-state index >= 15 is 0 Å². The van der Waals surface area contributed by atoms with E-state index in [1.165, 1.54) is 25.0 Å². The third-order valence-electron chi connectivity index (χ3n) is 5.81. The number of carboxylic acid groups (broad SMARTS) is 1. The fourth-order valence-corrected chi connectivity index (χ4v) is 4.33. The molecule has 0 radical (unpaired) electrons. The van der Waals surface area contributed by atoms with Crippen molar-refractivity contribution in [3.05, 3.63) is 53.8 Å². The highest BCUT2D eigenvalue weighted by molar-refractivity contribution is 5.91. The molecule has 0 spiro atoms. The van der Waals surface area contributed by atoms with Crippen LogP contribution in [0.4, 0.5) is 28.0 Å². The third-order valence-corrected chi connectivity index (χ3v) is 5.81. The van der Waals surface area contributed by atoms with E-state index in [1.54, 1.807) is 6.07 Å². The summed E-state index contributed by atoms with van der Waals surface area (Å²) in [4.78, 5) is 21.2. The highest BCUT2D eigenvalue weighted by Crippen LogP contribution is 2.32. The molecule has 10 heteroatoms. The number of alkyl halides is 3. The van der Waals surface area contributed by atoms with Gasteiger partial charge in [0.25, 0.3) is 0 Å². The van der Waals surface area contributed by atoms with Crippen LogP contribution in [0.2, 0.25) is 0 Å². The van der Waals surface area contributed by atoms with Crippen LogP contribution in [0.3, 0.4) is 0 Å². The SMILES string of the molecule is Cc1cccc(-c2cc(F)ccc2NC(=O)OCC2CC3CCC(C2)N3)c1.O=C(O)C(F)(F)F. The molecule has 6 nitrogen and oxygen atoms in total. The fraction of sp³-hybridized carbons (Fsp3) is 0.417. The number of piperidine rings is 1. The molecule has 2 aromatic carbocycles. The Balaban J connectivity index is 0.000000406. The lowest BCUT2D eigenvalue weighted by molar-refractivity contribution is -0.192. The molecular weight excluding hydrogens is 456 g/mol. The predicted molar refractivity (Wildman–Crippen MR) is 118 cm³/mol. The third kappa shape index (κ3) is 7.18. The lowest BCUT2D eigenvalue weighted by Crippen LogP contribution is -2.39. The second kappa shape index (κ2) is 10.9. The molecule has 0 aromatic heterocycles. The van der Waals surface area contributed by atoms with Gasteiger partial charge in [-0.2, -0.15) is 13.2 Å². The van der Waals surface area contributed by atoms with Crippen molar-refractivity contribution in [2.75, 3.05) is 11.9 Å². The van der Waals surface area contributed by atoms with Gasteiger partial charge in [0.05, 0.1) is 12.3 Å². The van der Waals surface area contributed by atoms with Crippen molar-refractivity contribution in [1.82, 2.24) is 5.32 Å². The lowest BCUT2D eigenvalue weighted by Gasteiger charge is -2.28. The average Bonchev–Trinajstić information content (AvgIpc) is 3.11. The Morgan fingerprint density at radius 3 is 2.35 bits per heavy atom. The number of benzene rings is 2. The van der Waals surface area contributed by atoms with Crippen LogP contribution in [0.5, 0.6) is 0 Å². The Labute approximate surface area is 194 Å². The Morgan fingerprint density at radius 2 is 1.76 bits per heavy atom. The number of aliphatic carboxylic acids is 1. The molecule has 2 aromatic rings. The minimum Gasteiger partial charge on any atom is -0.475 e. The Hall–Kier alpha value is -3.14. The number of carbonyl (C=O) groups excluding carboxylic acids is 1. The second-order valence-corrected chi connectivity index (χ2v) is 8.56. The van der Waals surface area contributed by atoms with E-state index in [2.05, 4.69) is 10.6 Å². The van der Waals surface area contributed by atoms with Gasteiger partial charge in [0.2, 0.25) is 0 Å². The zero-order valence-electron chi connectivity index (χ0n) is 18.5. The maximum absolute atomic E-state index is 13.8. The molecule has 34 heavy (non-hydrogen) atoms. The van der Waals surface area contributed by atoms with Crippen LogP contribution in [0.1, 0.15) is 31.2 Å². The van der Waals surface area contributed by atoms with Crippen LogP contribution >= 0.6 is 0 Å². The van der Waals surface area contributed by atoms with E-state index in [9.17, 15) is 22.4 Å². The molecule has 1 amide bonds. The number of nitrogens with one attached hydrogen (secondary N) is 2. The van der Waals surface area contributed by atoms with Crippen molar-refractivity contribution in [3.63, 3.8) is 0 Å². The normalized spacial score (nSPS) is 21.3. The minimum absolute atomic E-state index is 0.337. The van der Waals surface area contributed by atoms with Gasteiger partial charge in [-0.05, 0) is 62.3 Å². The van der Waals surface area contributed by atoms with Crippen molar-refractivity contribution in [2.45, 2.75) is 50.9 Å². The summed E-state index contributed by atoms with van der Waals surface area (Å²) in [6, 6.07) is 13.3. The van der Waals surface area contributed by atoms with Gasteiger partial charge in [-0.25, -0.2) is 14.0 Å². The first-order valence-corrected chi connectivity index (χ1v) is 10.9. The van der Waals surface area contributed by atoms with E-state index in [0.29, 0.717) is 35.9 Å². The average molecular weight is 482 g/mol. The van der Waals surface area contributed by atoms with Crippen molar-refractivity contribution in [3.8, 4) is 11.1 Å². The maximum atomic E-state index is 13.8. The predicted octanol–water partition coefficient (Wildman–Crippen LogP) is 5.51. The van der Waals surface area contributed by atoms with E-state index in [1.807, 2.05) is 31.2 Å². The molecule has 2 heterocycles. The number of anilines is 1. The smallest absolute Gasteiger partial charge is 0.475 e. The first-order valence-electron chi connectivity index (χ1n) is 10.9. The van der Waals surface area contributed by atoms with Crippen LogP contribution in [0, 0.1) is 18.7 Å². The van der Waals surface area contributed by atoms with Gasteiger partial charge in [-0.1, -0.05) is 29.8 Å². The van der Waals surface area contributed by atoms with Crippen LogP contribution < -0.4 is 10.6 Å². The Morgan fingerprint density at radius 1 is 1.12 bits per heavy atom. The molecule has 0 aliphatic carbocycles. The molecule has 4 rings (SSSR count). The molecule has 2 aliphatic heterocycles. The number of ether oxygens (including phenoxy) is 1. The number of carbonyl (C=O) groups is 2. The van der Waals surface area contributed by atoms with Crippen LogP contribution in [0.25, 0.3) is 11.1 Å². The number of aryl methyl sites for hydroxylation is 1. The van der Waals surface area contributed by atoms with E-state index in [-0.39, 0.29) is 5.82 Å². The van der Waals surface area contributed by atoms with Gasteiger partial charge in [-0.15, -0.1) is 0 Å². The molecule has 0 saturated carbocycles. The number of halogens is 4. The summed E-state index contributed by atoms with van der Waals surface area (Å²) in [6.45, 7) is 2.41. The largest absolute Gasteiger partial charge is 0.490 e. The molecule has 2 atom stereocenters. The summed E-state index contributed by atoms with van der Waals surface area (Å²) in [5.41, 5.74) is 3.14. The number of hydrogen-bond acceptors (Lipinski definition) is 4. The van der Waals surface area contributed by atoms with Gasteiger partial charge < -0.3 is 15.2 Å². The zero-order valence-corrected chi connectivity index (χ0v) is 18.5. The molecular formula is C24H26F4N2O4. The van der Waals surface area contributed by atoms with Gasteiger partial charge in [0.1, 0.15) is 5.82 Å². The minimum atomic E-state index is -5.08. The second-order valence-electron chi connectivity index (χ2n) is 8.56. The summed E-state index contributed by atoms with van der Waals surface area (Å²) < 4.78 is 51.0. The summed E-state index contributed by atoms with van der Waals surface area (Å²) in [7, 11) is 0. The molecule has 184 valence electrons. The van der Waals surface area contributed by atoms with Gasteiger partial charge in [-0.3, -0.25) is 5.32 Å². The van der Waals surface area contributed by atoms with Crippen LogP contribution in [-0.4, -0.2) is 42.0 Å². The van der Waals surface area contributed by atoms with E-state index in [0.717, 1.165) is 24.0 Å². The van der Waals surface area contributed by atoms with E-state index in [4.69, 9.17) is 14.6 Å². The lowest BCUT2D eigenvalue weighted by atomic mass is 9.93. The number of amides is 1. The molecule has 2 aliphatic rings. The van der Waals surface area contributed by atoms with Gasteiger partial charge in [0.15, 0.2) is 0 Å². The fourth-order valence-electron chi connectivity index (χ4n) is 4.33. The van der Waals surface area contributed by atoms with Crippen molar-refractivity contribution in [2.24, 2.45) is 5.92 Å².